The van der Waals surface area contributed by atoms with Crippen molar-refractivity contribution in [3.63, 3.8) is 0 Å². The molecule has 0 fully saturated rings. The molecule has 0 aliphatic rings. The first-order valence-electron chi connectivity index (χ1n) is 10.1. The Balaban J connectivity index is 1.63. The molecule has 4 rings (SSSR count). The van der Waals surface area contributed by atoms with Gasteiger partial charge < -0.3 is 14.8 Å². The summed E-state index contributed by atoms with van der Waals surface area (Å²) < 4.78 is 39.4. The summed E-state index contributed by atoms with van der Waals surface area (Å²) in [6, 6.07) is 16.3. The van der Waals surface area contributed by atoms with Crippen molar-refractivity contribution in [2.45, 2.75) is 10.1 Å². The number of nitrogens with one attached hydrogen (secondary N) is 1. The van der Waals surface area contributed by atoms with E-state index in [1.807, 2.05) is 0 Å². The van der Waals surface area contributed by atoms with Gasteiger partial charge in [0.15, 0.2) is 5.16 Å². The maximum absolute atomic E-state index is 13.5. The number of nitrogens with zero attached hydrogens (tertiary/aromatic N) is 2. The van der Waals surface area contributed by atoms with Crippen LogP contribution in [0.4, 0.5) is 5.69 Å². The predicted octanol–water partition coefficient (Wildman–Crippen LogP) is 5.44. The van der Waals surface area contributed by atoms with Crippen molar-refractivity contribution in [3.05, 3.63) is 70.2 Å². The van der Waals surface area contributed by atoms with Crippen LogP contribution in [0.1, 0.15) is 0 Å². The highest BCUT2D eigenvalue weighted by Gasteiger charge is 2.25. The van der Waals surface area contributed by atoms with Gasteiger partial charge in [0.1, 0.15) is 11.5 Å². The van der Waals surface area contributed by atoms with Crippen LogP contribution in [0.25, 0.3) is 11.0 Å². The second-order valence-electron chi connectivity index (χ2n) is 7.13. The van der Waals surface area contributed by atoms with Gasteiger partial charge in [0.2, 0.25) is 5.91 Å². The molecular weight excluding hydrogens is 578 g/mol. The third-order valence-corrected chi connectivity index (χ3v) is 8.52. The van der Waals surface area contributed by atoms with Crippen molar-refractivity contribution < 1.29 is 22.7 Å². The lowest BCUT2D eigenvalue weighted by atomic mass is 10.2. The van der Waals surface area contributed by atoms with Gasteiger partial charge in [0.05, 0.1) is 46.6 Å². The third kappa shape index (κ3) is 5.27. The van der Waals surface area contributed by atoms with E-state index in [1.165, 1.54) is 32.4 Å². The fourth-order valence-electron chi connectivity index (χ4n) is 3.29. The van der Waals surface area contributed by atoms with Gasteiger partial charge in [-0.05, 0) is 42.5 Å². The number of amides is 1. The normalized spacial score (nSPS) is 11.4. The number of methoxy groups -OCH3 is 2. The van der Waals surface area contributed by atoms with Crippen molar-refractivity contribution in [1.82, 2.24) is 8.96 Å². The van der Waals surface area contributed by atoms with Crippen molar-refractivity contribution in [2.75, 3.05) is 25.3 Å². The zero-order valence-electron chi connectivity index (χ0n) is 18.5. The Bertz CT molecular complexity index is 1510. The Labute approximate surface area is 219 Å². The number of carbonyl (C=O) groups is 1. The number of aromatic nitrogens is 2. The molecule has 3 aromatic carbocycles. The predicted molar refractivity (Wildman–Crippen MR) is 140 cm³/mol. The number of anilines is 1. The minimum absolute atomic E-state index is 0.104. The number of thioether (sulfide) groups is 1. The van der Waals surface area contributed by atoms with Crippen LogP contribution in [0, 0.1) is 0 Å². The summed E-state index contributed by atoms with van der Waals surface area (Å²) in [6.07, 6.45) is 0. The SMILES string of the molecule is COc1cc(OC)c(NC(=O)CSc2nc3ccccc3n2S(=O)(=O)c2ccc(Br)cc2)cc1Cl. The highest BCUT2D eigenvalue weighted by Crippen LogP contribution is 2.36. The lowest BCUT2D eigenvalue weighted by Crippen LogP contribution is -2.17. The number of para-hydroxylation sites is 2. The van der Waals surface area contributed by atoms with Crippen LogP contribution in [-0.2, 0) is 14.8 Å². The molecule has 8 nitrogen and oxygen atoms in total. The molecule has 0 aliphatic carbocycles. The number of hydrogen-bond donors (Lipinski definition) is 1. The van der Waals surface area contributed by atoms with Gasteiger partial charge in [0.25, 0.3) is 10.0 Å². The first-order chi connectivity index (χ1) is 16.7. The molecule has 0 unspecified atom stereocenters. The minimum Gasteiger partial charge on any atom is -0.495 e. The second-order valence-corrected chi connectivity index (χ2v) is 11.2. The highest BCUT2D eigenvalue weighted by atomic mass is 79.9. The van der Waals surface area contributed by atoms with Gasteiger partial charge in [0, 0.05) is 10.5 Å². The number of rotatable bonds is 8. The zero-order chi connectivity index (χ0) is 25.2. The molecule has 0 aliphatic heterocycles. The molecule has 1 amide bonds. The summed E-state index contributed by atoms with van der Waals surface area (Å²) in [4.78, 5) is 17.3. The number of carbonyl (C=O) groups excluding carboxylic acids is 1. The molecule has 0 saturated heterocycles. The maximum Gasteiger partial charge on any atom is 0.270 e. The lowest BCUT2D eigenvalue weighted by molar-refractivity contribution is -0.113. The first kappa shape index (κ1) is 25.4. The molecule has 4 aromatic rings. The van der Waals surface area contributed by atoms with E-state index in [0.717, 1.165) is 20.2 Å². The average molecular weight is 597 g/mol. The van der Waals surface area contributed by atoms with Gasteiger partial charge in [-0.2, -0.15) is 0 Å². The van der Waals surface area contributed by atoms with E-state index < -0.39 is 15.9 Å². The molecular formula is C23H19BrClN3O5S2. The van der Waals surface area contributed by atoms with Gasteiger partial charge >= 0.3 is 0 Å². The van der Waals surface area contributed by atoms with Crippen LogP contribution in [0.15, 0.2) is 75.2 Å². The molecule has 1 aromatic heterocycles. The smallest absolute Gasteiger partial charge is 0.270 e. The molecule has 0 bridgehead atoms. The minimum atomic E-state index is -3.97. The topological polar surface area (TPSA) is 99.5 Å². The standard InChI is InChI=1S/C23H19BrClN3O5S2/c1-32-20-12-21(33-2)18(11-16(20)25)26-22(29)13-34-23-27-17-5-3-4-6-19(17)28(23)35(30,31)15-9-7-14(24)8-10-15/h3-12H,13H2,1-2H3,(H,26,29). The average Bonchev–Trinajstić information content (AvgIpc) is 3.22. The molecule has 0 atom stereocenters. The zero-order valence-corrected chi connectivity index (χ0v) is 22.5. The van der Waals surface area contributed by atoms with Gasteiger partial charge in [-0.1, -0.05) is 51.4 Å². The Morgan fingerprint density at radius 3 is 2.46 bits per heavy atom. The number of imidazole rings is 1. The number of ether oxygens (including phenoxy) is 2. The summed E-state index contributed by atoms with van der Waals surface area (Å²) in [7, 11) is -1.03. The summed E-state index contributed by atoms with van der Waals surface area (Å²) in [5.74, 6) is 0.276. The number of fused-ring (bicyclic) bond motifs is 1. The van der Waals surface area contributed by atoms with Crippen LogP contribution in [0.5, 0.6) is 11.5 Å². The Morgan fingerprint density at radius 2 is 1.77 bits per heavy atom. The summed E-state index contributed by atoms with van der Waals surface area (Å²) in [5.41, 5.74) is 1.28. The number of halogens is 2. The maximum atomic E-state index is 13.5. The van der Waals surface area contributed by atoms with E-state index in [-0.39, 0.29) is 15.8 Å². The molecule has 182 valence electrons. The van der Waals surface area contributed by atoms with Gasteiger partial charge in [-0.15, -0.1) is 0 Å². The quantitative estimate of drug-likeness (QED) is 0.271. The second kappa shape index (κ2) is 10.5. The van der Waals surface area contributed by atoms with Gasteiger partial charge in [-0.3, -0.25) is 4.79 Å². The summed E-state index contributed by atoms with van der Waals surface area (Å²) in [6.45, 7) is 0. The van der Waals surface area contributed by atoms with Crippen LogP contribution < -0.4 is 14.8 Å². The largest absolute Gasteiger partial charge is 0.495 e. The van der Waals surface area contributed by atoms with Gasteiger partial charge in [-0.25, -0.2) is 17.4 Å². The fourth-order valence-corrected chi connectivity index (χ4v) is 6.31. The summed E-state index contributed by atoms with van der Waals surface area (Å²) in [5, 5.41) is 3.21. The van der Waals surface area contributed by atoms with E-state index >= 15 is 0 Å². The van der Waals surface area contributed by atoms with Crippen molar-refractivity contribution in [1.29, 1.82) is 0 Å². The third-order valence-electron chi connectivity index (χ3n) is 4.92. The van der Waals surface area contributed by atoms with Crippen LogP contribution in [0.2, 0.25) is 5.02 Å². The van der Waals surface area contributed by atoms with E-state index in [0.29, 0.717) is 33.2 Å². The molecule has 35 heavy (non-hydrogen) atoms. The van der Waals surface area contributed by atoms with Crippen LogP contribution in [-0.4, -0.2) is 43.3 Å². The van der Waals surface area contributed by atoms with E-state index in [9.17, 15) is 13.2 Å². The van der Waals surface area contributed by atoms with E-state index in [4.69, 9.17) is 21.1 Å². The fraction of sp³-hybridized carbons (Fsp3) is 0.130. The van der Waals surface area contributed by atoms with Crippen LogP contribution in [0.3, 0.4) is 0 Å². The Hall–Kier alpha value is -2.73. The highest BCUT2D eigenvalue weighted by molar-refractivity contribution is 9.10. The first-order valence-corrected chi connectivity index (χ1v) is 13.7. The van der Waals surface area contributed by atoms with E-state index in [1.54, 1.807) is 42.5 Å². The van der Waals surface area contributed by atoms with Crippen molar-refractivity contribution in [2.24, 2.45) is 0 Å². The molecule has 0 radical (unpaired) electrons. The van der Waals surface area contributed by atoms with Crippen LogP contribution >= 0.6 is 39.3 Å². The molecule has 0 spiro atoms. The number of benzene rings is 3. The Morgan fingerprint density at radius 1 is 1.09 bits per heavy atom. The van der Waals surface area contributed by atoms with Crippen molar-refractivity contribution >= 4 is 71.9 Å². The molecule has 0 saturated carbocycles. The number of hydrogen-bond acceptors (Lipinski definition) is 7. The Kier molecular flexibility index (Phi) is 7.60. The molecule has 1 heterocycles. The molecule has 1 N–H and O–H groups in total. The lowest BCUT2D eigenvalue weighted by Gasteiger charge is -2.13. The van der Waals surface area contributed by atoms with Crippen molar-refractivity contribution in [3.8, 4) is 11.5 Å². The monoisotopic (exact) mass is 595 g/mol. The summed E-state index contributed by atoms with van der Waals surface area (Å²) >= 11 is 10.5. The van der Waals surface area contributed by atoms with E-state index in [2.05, 4.69) is 26.2 Å². The molecule has 12 heteroatoms.